The molecule has 3 aromatic rings. The van der Waals surface area contributed by atoms with Crippen LogP contribution in [0.2, 0.25) is 0 Å². The van der Waals surface area contributed by atoms with Crippen molar-refractivity contribution in [2.75, 3.05) is 24.5 Å². The van der Waals surface area contributed by atoms with Crippen LogP contribution in [0.25, 0.3) is 0 Å². The van der Waals surface area contributed by atoms with Crippen LogP contribution >= 0.6 is 0 Å². The number of rotatable bonds is 6. The molecular weight excluding hydrogens is 406 g/mol. The maximum absolute atomic E-state index is 12.8. The second kappa shape index (κ2) is 9.32. The predicted molar refractivity (Wildman–Crippen MR) is 123 cm³/mol. The summed E-state index contributed by atoms with van der Waals surface area (Å²) in [5, 5.41) is 11.9. The van der Waals surface area contributed by atoms with Crippen LogP contribution in [0.1, 0.15) is 35.1 Å². The monoisotopic (exact) mass is 433 g/mol. The number of hydrogen-bond donors (Lipinski definition) is 0. The fourth-order valence-electron chi connectivity index (χ4n) is 4.36. The van der Waals surface area contributed by atoms with Gasteiger partial charge in [-0.25, -0.2) is 4.98 Å². The summed E-state index contributed by atoms with van der Waals surface area (Å²) in [5.74, 6) is -0.0724. The number of imidazole rings is 1. The Morgan fingerprint density at radius 2 is 1.97 bits per heavy atom. The molecule has 1 aliphatic heterocycles. The summed E-state index contributed by atoms with van der Waals surface area (Å²) in [6.07, 6.45) is 4.12. The number of carbonyl (C=O) groups excluding carboxylic acids is 1. The van der Waals surface area contributed by atoms with E-state index in [0.717, 1.165) is 32.6 Å². The third-order valence-corrected chi connectivity index (χ3v) is 5.94. The van der Waals surface area contributed by atoms with Gasteiger partial charge in [-0.3, -0.25) is 19.8 Å². The van der Waals surface area contributed by atoms with Crippen molar-refractivity contribution in [3.63, 3.8) is 0 Å². The molecule has 0 N–H and O–H groups in total. The van der Waals surface area contributed by atoms with E-state index in [1.807, 2.05) is 18.2 Å². The Morgan fingerprint density at radius 3 is 2.66 bits per heavy atom. The first kappa shape index (κ1) is 21.7. The van der Waals surface area contributed by atoms with Gasteiger partial charge in [0.05, 0.1) is 4.92 Å². The van der Waals surface area contributed by atoms with Gasteiger partial charge in [0.2, 0.25) is 5.78 Å². The third kappa shape index (κ3) is 4.55. The molecule has 1 fully saturated rings. The van der Waals surface area contributed by atoms with E-state index in [2.05, 4.69) is 33.8 Å². The molecule has 8 heteroatoms. The van der Waals surface area contributed by atoms with E-state index in [0.29, 0.717) is 5.69 Å². The Morgan fingerprint density at radius 1 is 1.19 bits per heavy atom. The molecule has 4 rings (SSSR count). The van der Waals surface area contributed by atoms with Crippen molar-refractivity contribution >= 4 is 17.2 Å². The van der Waals surface area contributed by atoms with Crippen LogP contribution in [-0.2, 0) is 13.6 Å². The molecule has 1 saturated heterocycles. The van der Waals surface area contributed by atoms with Gasteiger partial charge in [-0.2, -0.15) is 0 Å². The van der Waals surface area contributed by atoms with E-state index in [9.17, 15) is 14.9 Å². The topological polar surface area (TPSA) is 84.5 Å². The lowest BCUT2D eigenvalue weighted by Gasteiger charge is -2.30. The summed E-state index contributed by atoms with van der Waals surface area (Å²) in [6, 6.07) is 15.2. The number of aromatic nitrogens is 2. The number of hydrogen-bond acceptors (Lipinski definition) is 6. The minimum absolute atomic E-state index is 0.0478. The average Bonchev–Trinajstić information content (AvgIpc) is 3.13. The van der Waals surface area contributed by atoms with E-state index in [1.54, 1.807) is 29.9 Å². The van der Waals surface area contributed by atoms with Crippen molar-refractivity contribution in [1.82, 2.24) is 14.5 Å². The first-order valence-electron chi connectivity index (χ1n) is 10.8. The highest BCUT2D eigenvalue weighted by Gasteiger charge is 2.28. The maximum atomic E-state index is 12.8. The molecule has 166 valence electrons. The molecule has 1 unspecified atom stereocenters. The van der Waals surface area contributed by atoms with Gasteiger partial charge < -0.3 is 9.47 Å². The number of aryl methyl sites for hydroxylation is 1. The number of nitro benzene ring substituents is 1. The van der Waals surface area contributed by atoms with Crippen molar-refractivity contribution in [1.29, 1.82) is 0 Å². The summed E-state index contributed by atoms with van der Waals surface area (Å²) < 4.78 is 1.61. The van der Waals surface area contributed by atoms with E-state index < -0.39 is 4.92 Å². The van der Waals surface area contributed by atoms with Gasteiger partial charge in [0.25, 0.3) is 5.69 Å². The Kier molecular flexibility index (Phi) is 6.32. The predicted octanol–water partition coefficient (Wildman–Crippen LogP) is 3.66. The highest BCUT2D eigenvalue weighted by molar-refractivity contribution is 6.07. The van der Waals surface area contributed by atoms with E-state index in [-0.39, 0.29) is 28.9 Å². The van der Waals surface area contributed by atoms with Crippen molar-refractivity contribution in [2.24, 2.45) is 7.05 Å². The normalized spacial score (nSPS) is 17.2. The van der Waals surface area contributed by atoms with E-state index in [4.69, 9.17) is 0 Å². The van der Waals surface area contributed by atoms with Crippen LogP contribution < -0.4 is 4.90 Å². The fraction of sp³-hybridized carbons (Fsp3) is 0.333. The SMILES string of the molecule is CC1CN(Cc2ccccc2)CCCN1c1ccc(C(=O)c2nccn2C)cc1[N+](=O)[O-]. The molecule has 0 spiro atoms. The first-order valence-corrected chi connectivity index (χ1v) is 10.8. The zero-order valence-electron chi connectivity index (χ0n) is 18.3. The smallest absolute Gasteiger partial charge is 0.293 e. The van der Waals surface area contributed by atoms with Gasteiger partial charge in [0.1, 0.15) is 5.69 Å². The van der Waals surface area contributed by atoms with Crippen LogP contribution in [0.3, 0.4) is 0 Å². The Labute approximate surface area is 187 Å². The summed E-state index contributed by atoms with van der Waals surface area (Å²) in [6.45, 7) is 5.41. The highest BCUT2D eigenvalue weighted by atomic mass is 16.6. The van der Waals surface area contributed by atoms with Gasteiger partial charge >= 0.3 is 0 Å². The molecule has 1 aliphatic rings. The van der Waals surface area contributed by atoms with E-state index in [1.165, 1.54) is 17.8 Å². The summed E-state index contributed by atoms with van der Waals surface area (Å²) in [4.78, 5) is 32.9. The lowest BCUT2D eigenvalue weighted by Crippen LogP contribution is -2.39. The van der Waals surface area contributed by atoms with Gasteiger partial charge in [-0.1, -0.05) is 30.3 Å². The number of benzene rings is 2. The standard InChI is InChI=1S/C24H27N5O3/c1-18-16-27(17-19-7-4-3-5-8-19)12-6-13-28(18)21-10-9-20(15-22(21)29(31)32)23(30)24-25-11-14-26(24)2/h3-5,7-11,14-15,18H,6,12-13,16-17H2,1-2H3. The molecule has 32 heavy (non-hydrogen) atoms. The molecule has 0 radical (unpaired) electrons. The maximum Gasteiger partial charge on any atom is 0.293 e. The zero-order valence-corrected chi connectivity index (χ0v) is 18.3. The summed E-state index contributed by atoms with van der Waals surface area (Å²) in [5.41, 5.74) is 2.04. The summed E-state index contributed by atoms with van der Waals surface area (Å²) in [7, 11) is 1.73. The van der Waals surface area contributed by atoms with Crippen LogP contribution in [0.4, 0.5) is 11.4 Å². The molecular formula is C24H27N5O3. The molecule has 8 nitrogen and oxygen atoms in total. The van der Waals surface area contributed by atoms with Crippen molar-refractivity contribution in [2.45, 2.75) is 25.9 Å². The Hall–Kier alpha value is -3.52. The number of carbonyl (C=O) groups is 1. The fourth-order valence-corrected chi connectivity index (χ4v) is 4.36. The third-order valence-electron chi connectivity index (χ3n) is 5.94. The van der Waals surface area contributed by atoms with Crippen LogP contribution in [-0.4, -0.2) is 50.8 Å². The first-order chi connectivity index (χ1) is 15.4. The van der Waals surface area contributed by atoms with Crippen LogP contribution in [0.5, 0.6) is 0 Å². The minimum atomic E-state index is -0.399. The molecule has 0 aliphatic carbocycles. The molecule has 2 aromatic carbocycles. The molecule has 2 heterocycles. The number of nitro groups is 1. The second-order valence-electron chi connectivity index (χ2n) is 8.27. The molecule has 0 bridgehead atoms. The van der Waals surface area contributed by atoms with E-state index >= 15 is 0 Å². The van der Waals surface area contributed by atoms with Crippen molar-refractivity contribution in [3.05, 3.63) is 88.0 Å². The second-order valence-corrected chi connectivity index (χ2v) is 8.27. The van der Waals surface area contributed by atoms with Crippen molar-refractivity contribution in [3.8, 4) is 0 Å². The largest absolute Gasteiger partial charge is 0.362 e. The molecule has 0 saturated carbocycles. The zero-order chi connectivity index (χ0) is 22.7. The van der Waals surface area contributed by atoms with Gasteiger partial charge in [0.15, 0.2) is 5.82 Å². The molecule has 1 aromatic heterocycles. The average molecular weight is 434 g/mol. The van der Waals surface area contributed by atoms with Gasteiger partial charge in [-0.15, -0.1) is 0 Å². The van der Waals surface area contributed by atoms with Crippen LogP contribution in [0.15, 0.2) is 60.9 Å². The number of anilines is 1. The molecule has 0 amide bonds. The quantitative estimate of drug-likeness (QED) is 0.335. The number of ketones is 1. The number of nitrogens with zero attached hydrogens (tertiary/aromatic N) is 5. The minimum Gasteiger partial charge on any atom is -0.362 e. The molecule has 1 atom stereocenters. The van der Waals surface area contributed by atoms with Gasteiger partial charge in [-0.05, 0) is 31.0 Å². The summed E-state index contributed by atoms with van der Waals surface area (Å²) >= 11 is 0. The Bertz CT molecular complexity index is 1110. The van der Waals surface area contributed by atoms with Crippen molar-refractivity contribution < 1.29 is 9.72 Å². The lowest BCUT2D eigenvalue weighted by atomic mass is 10.1. The highest BCUT2D eigenvalue weighted by Crippen LogP contribution is 2.32. The van der Waals surface area contributed by atoms with Crippen LogP contribution in [0, 0.1) is 10.1 Å². The lowest BCUT2D eigenvalue weighted by molar-refractivity contribution is -0.384. The Balaban J connectivity index is 1.57. The van der Waals surface area contributed by atoms with Gasteiger partial charge in [0, 0.05) is 63.3 Å².